The topological polar surface area (TPSA) is 0 Å². The normalized spacial score (nSPS) is 35.2. The molecule has 0 spiro atoms. The van der Waals surface area contributed by atoms with Crippen LogP contribution in [0.25, 0.3) is 0 Å². The van der Waals surface area contributed by atoms with E-state index in [0.29, 0.717) is 0 Å². The van der Waals surface area contributed by atoms with Crippen LogP contribution in [0.1, 0.15) is 81.1 Å². The molecule has 5 atom stereocenters. The quantitative estimate of drug-likeness (QED) is 0.404. The summed E-state index contributed by atoms with van der Waals surface area (Å²) in [4.78, 5) is 0. The molecule has 2 saturated heterocycles. The lowest BCUT2D eigenvalue weighted by Gasteiger charge is -2.35. The third-order valence-electron chi connectivity index (χ3n) is 6.91. The Morgan fingerprint density at radius 1 is 0.500 bits per heavy atom. The van der Waals surface area contributed by atoms with E-state index in [2.05, 4.69) is 55.4 Å². The Morgan fingerprint density at radius 3 is 0.875 bits per heavy atom. The van der Waals surface area contributed by atoms with Crippen molar-refractivity contribution >= 4 is 15.8 Å². The van der Waals surface area contributed by atoms with E-state index < -0.39 is 0 Å². The second-order valence-corrected chi connectivity index (χ2v) is 15.5. The van der Waals surface area contributed by atoms with Crippen molar-refractivity contribution in [1.82, 2.24) is 0 Å². The molecular formula is C22H44P2. The SMILES string of the molecule is CC(C)[C@H]1CC[C@H](C(C)C)P1CCP1[C@@H](C(C)C)CC[C@H]1C(C)C. The molecule has 2 aliphatic rings. The van der Waals surface area contributed by atoms with Crippen molar-refractivity contribution in [2.45, 2.75) is 104 Å². The molecule has 0 radical (unpaired) electrons. The fourth-order valence-electron chi connectivity index (χ4n) is 5.60. The van der Waals surface area contributed by atoms with Gasteiger partial charge in [0.15, 0.2) is 0 Å². The van der Waals surface area contributed by atoms with Crippen LogP contribution < -0.4 is 0 Å². The predicted molar refractivity (Wildman–Crippen MR) is 117 cm³/mol. The summed E-state index contributed by atoms with van der Waals surface area (Å²) < 4.78 is 0. The second kappa shape index (κ2) is 9.18. The number of hydrogen-bond donors (Lipinski definition) is 0. The highest BCUT2D eigenvalue weighted by molar-refractivity contribution is 7.63. The first-order valence-corrected chi connectivity index (χ1v) is 14.1. The van der Waals surface area contributed by atoms with Crippen LogP contribution in [0, 0.1) is 23.7 Å². The fraction of sp³-hybridized carbons (Fsp3) is 1.00. The smallest absolute Gasteiger partial charge is 0.0183 e. The van der Waals surface area contributed by atoms with Crippen LogP contribution in [-0.4, -0.2) is 35.0 Å². The maximum absolute atomic E-state index is 2.50. The zero-order valence-electron chi connectivity index (χ0n) is 17.8. The Kier molecular flexibility index (Phi) is 8.09. The van der Waals surface area contributed by atoms with Crippen molar-refractivity contribution in [2.75, 3.05) is 12.3 Å². The Morgan fingerprint density at radius 2 is 0.708 bits per heavy atom. The van der Waals surface area contributed by atoms with Gasteiger partial charge in [-0.05, 0) is 84.3 Å². The highest BCUT2D eigenvalue weighted by atomic mass is 31.1. The standard InChI is InChI=1S/C22H44P2/c1-15(2)19-9-10-20(16(3)4)23(19)13-14-24-21(17(5)6)11-12-22(24)18(7)8/h15-22H,9-14H2,1-8H3/t19-,20-,21-,22+,24?/m1/s1. The monoisotopic (exact) mass is 370 g/mol. The largest absolute Gasteiger partial charge is 0.0995 e. The fourth-order valence-corrected chi connectivity index (χ4v) is 14.7. The highest BCUT2D eigenvalue weighted by Crippen LogP contribution is 2.65. The van der Waals surface area contributed by atoms with Crippen molar-refractivity contribution in [3.05, 3.63) is 0 Å². The molecule has 2 aliphatic heterocycles. The van der Waals surface area contributed by atoms with E-state index in [1.54, 1.807) is 12.3 Å². The second-order valence-electron chi connectivity index (χ2n) is 9.88. The van der Waals surface area contributed by atoms with E-state index in [0.717, 1.165) is 46.3 Å². The van der Waals surface area contributed by atoms with Gasteiger partial charge in [0, 0.05) is 0 Å². The van der Waals surface area contributed by atoms with Crippen LogP contribution >= 0.6 is 15.8 Å². The molecule has 0 saturated carbocycles. The Bertz CT molecular complexity index is 306. The molecule has 2 heteroatoms. The first kappa shape index (κ1) is 21.2. The van der Waals surface area contributed by atoms with Crippen LogP contribution in [0.2, 0.25) is 0 Å². The number of hydrogen-bond acceptors (Lipinski definition) is 0. The minimum atomic E-state index is 0.273. The predicted octanol–water partition coefficient (Wildman–Crippen LogP) is 7.64. The molecule has 142 valence electrons. The van der Waals surface area contributed by atoms with Crippen molar-refractivity contribution < 1.29 is 0 Å². The van der Waals surface area contributed by atoms with E-state index in [1.165, 1.54) is 25.7 Å². The number of rotatable bonds is 7. The van der Waals surface area contributed by atoms with Gasteiger partial charge in [-0.1, -0.05) is 71.2 Å². The van der Waals surface area contributed by atoms with E-state index >= 15 is 0 Å². The van der Waals surface area contributed by atoms with Crippen LogP contribution in [0.5, 0.6) is 0 Å². The van der Waals surface area contributed by atoms with Crippen molar-refractivity contribution in [2.24, 2.45) is 23.7 Å². The summed E-state index contributed by atoms with van der Waals surface area (Å²) in [7, 11) is 0.545. The molecule has 0 bridgehead atoms. The van der Waals surface area contributed by atoms with E-state index in [4.69, 9.17) is 0 Å². The van der Waals surface area contributed by atoms with Gasteiger partial charge in [0.25, 0.3) is 0 Å². The third-order valence-corrected chi connectivity index (χ3v) is 15.6. The lowest BCUT2D eigenvalue weighted by molar-refractivity contribution is 0.543. The Labute approximate surface area is 155 Å². The molecule has 0 aromatic carbocycles. The van der Waals surface area contributed by atoms with Crippen molar-refractivity contribution in [3.8, 4) is 0 Å². The van der Waals surface area contributed by atoms with Gasteiger partial charge in [0.2, 0.25) is 0 Å². The first-order chi connectivity index (χ1) is 11.2. The van der Waals surface area contributed by atoms with Gasteiger partial charge < -0.3 is 0 Å². The maximum Gasteiger partial charge on any atom is -0.0183 e. The van der Waals surface area contributed by atoms with Crippen LogP contribution in [0.4, 0.5) is 0 Å². The maximum atomic E-state index is 2.50. The summed E-state index contributed by atoms with van der Waals surface area (Å²) in [6, 6.07) is 0. The molecule has 2 rings (SSSR count). The Balaban J connectivity index is 2.07. The molecule has 2 fully saturated rings. The zero-order valence-corrected chi connectivity index (χ0v) is 19.5. The minimum Gasteiger partial charge on any atom is -0.0995 e. The average molecular weight is 371 g/mol. The molecule has 0 amide bonds. The van der Waals surface area contributed by atoms with Crippen LogP contribution in [0.15, 0.2) is 0 Å². The zero-order chi connectivity index (χ0) is 18.0. The molecule has 2 heterocycles. The summed E-state index contributed by atoms with van der Waals surface area (Å²) in [5.41, 5.74) is 4.28. The molecule has 0 nitrogen and oxygen atoms in total. The summed E-state index contributed by atoms with van der Waals surface area (Å²) >= 11 is 0. The molecule has 0 aromatic heterocycles. The van der Waals surface area contributed by atoms with Crippen LogP contribution in [0.3, 0.4) is 0 Å². The molecule has 0 aliphatic carbocycles. The van der Waals surface area contributed by atoms with Crippen molar-refractivity contribution in [1.29, 1.82) is 0 Å². The molecule has 0 N–H and O–H groups in total. The lowest BCUT2D eigenvalue weighted by atomic mass is 10.0. The van der Waals surface area contributed by atoms with E-state index in [1.807, 2.05) is 0 Å². The van der Waals surface area contributed by atoms with Crippen LogP contribution in [-0.2, 0) is 0 Å². The minimum absolute atomic E-state index is 0.273. The molecular weight excluding hydrogens is 326 g/mol. The molecule has 0 aromatic rings. The van der Waals surface area contributed by atoms with Gasteiger partial charge in [0.05, 0.1) is 0 Å². The third kappa shape index (κ3) is 4.77. The van der Waals surface area contributed by atoms with Gasteiger partial charge in [-0.3, -0.25) is 0 Å². The molecule has 24 heavy (non-hydrogen) atoms. The highest BCUT2D eigenvalue weighted by Gasteiger charge is 2.42. The average Bonchev–Trinajstić information content (AvgIpc) is 3.08. The summed E-state index contributed by atoms with van der Waals surface area (Å²) in [6.07, 6.45) is 9.35. The summed E-state index contributed by atoms with van der Waals surface area (Å²) in [5.74, 6) is 3.66. The van der Waals surface area contributed by atoms with Gasteiger partial charge >= 0.3 is 0 Å². The van der Waals surface area contributed by atoms with Gasteiger partial charge in [-0.2, -0.15) is 0 Å². The Hall–Kier alpha value is 0.860. The van der Waals surface area contributed by atoms with Gasteiger partial charge in [-0.25, -0.2) is 0 Å². The van der Waals surface area contributed by atoms with Gasteiger partial charge in [-0.15, -0.1) is 0 Å². The first-order valence-electron chi connectivity index (χ1n) is 10.8. The van der Waals surface area contributed by atoms with Crippen molar-refractivity contribution in [3.63, 3.8) is 0 Å². The van der Waals surface area contributed by atoms with E-state index in [-0.39, 0.29) is 15.8 Å². The lowest BCUT2D eigenvalue weighted by Crippen LogP contribution is -2.21. The van der Waals surface area contributed by atoms with E-state index in [9.17, 15) is 0 Å². The van der Waals surface area contributed by atoms with Gasteiger partial charge in [0.1, 0.15) is 0 Å². The summed E-state index contributed by atoms with van der Waals surface area (Å²) in [6.45, 7) is 20.0. The summed E-state index contributed by atoms with van der Waals surface area (Å²) in [5, 5.41) is 0. The molecule has 1 unspecified atom stereocenters.